The molecular formula is C25H47N7O10. The molecule has 0 radical (unpaired) electrons. The van der Waals surface area contributed by atoms with E-state index in [9.17, 15) is 35.1 Å². The van der Waals surface area contributed by atoms with E-state index in [0.717, 1.165) is 0 Å². The van der Waals surface area contributed by atoms with Crippen molar-refractivity contribution < 1.29 is 49.3 Å². The summed E-state index contributed by atoms with van der Waals surface area (Å²) in [5, 5.41) is 60.8. The molecule has 16 N–H and O–H groups in total. The predicted molar refractivity (Wildman–Crippen MR) is 147 cm³/mol. The highest BCUT2D eigenvalue weighted by Gasteiger charge is 2.53. The number of nitrogens with two attached hydrogens (primary N) is 4. The van der Waals surface area contributed by atoms with Crippen molar-refractivity contribution in [2.45, 2.75) is 92.4 Å². The number of hydrogen-bond donors (Lipinski definition) is 12. The second-order valence-corrected chi connectivity index (χ2v) is 11.4. The summed E-state index contributed by atoms with van der Waals surface area (Å²) >= 11 is 0. The monoisotopic (exact) mass is 605 g/mol. The van der Waals surface area contributed by atoms with E-state index in [1.807, 2.05) is 0 Å². The lowest BCUT2D eigenvalue weighted by atomic mass is 9.72. The molecule has 42 heavy (non-hydrogen) atoms. The van der Waals surface area contributed by atoms with Gasteiger partial charge in [-0.25, -0.2) is 0 Å². The number of ether oxygens (including phenoxy) is 3. The average molecular weight is 606 g/mol. The third-order valence-electron chi connectivity index (χ3n) is 8.10. The van der Waals surface area contributed by atoms with Crippen molar-refractivity contribution >= 4 is 11.8 Å². The number of hydrogen-bond acceptors (Lipinski definition) is 15. The van der Waals surface area contributed by atoms with E-state index in [0.29, 0.717) is 12.2 Å². The summed E-state index contributed by atoms with van der Waals surface area (Å²) in [5.74, 6) is -2.00. The molecule has 1 aliphatic carbocycles. The fourth-order valence-corrected chi connectivity index (χ4v) is 5.74. The molecule has 3 aliphatic rings. The number of carbonyl (C=O) groups is 2. The number of amides is 2. The zero-order chi connectivity index (χ0) is 31.4. The molecule has 0 spiro atoms. The summed E-state index contributed by atoms with van der Waals surface area (Å²) in [6.45, 7) is 0.616. The SMILES string of the molecule is CN[C@@H]1[C@@H](O)[C@@H](O[C@H]2[C@H](NC(=O)[C@@H](O)CN)C[C@H](N)C([C@H]3OC(CNC(=O)C(O)CN)=CC[C@H]3N)[C@@H]2O)OC[C@]1(C)O. The predicted octanol–water partition coefficient (Wildman–Crippen LogP) is -6.62. The van der Waals surface area contributed by atoms with Crippen LogP contribution in [0.2, 0.25) is 0 Å². The number of rotatable bonds is 11. The van der Waals surface area contributed by atoms with Crippen LogP contribution in [-0.2, 0) is 23.8 Å². The van der Waals surface area contributed by atoms with Crippen molar-refractivity contribution in [2.24, 2.45) is 28.9 Å². The molecule has 13 atom stereocenters. The standard InChI is InChI=1S/C25H47N7O10/c1-25(39)9-40-24(18(36)21(25)30-2)42-20-13(32-23(38)15(34)7-27)5-12(29)16(17(20)35)19-11(28)4-3-10(41-19)8-31-22(37)14(33)6-26/h3,11-21,24,30,33-36,39H,4-9,26-29H2,1-2H3,(H,31,37)(H,32,38)/t11-,12+,13-,14?,15+,16?,17+,18-,19+,20+,21-,24-,25+/m1/s1. The Morgan fingerprint density at radius 1 is 1.12 bits per heavy atom. The quantitative estimate of drug-likeness (QED) is 0.104. The Hall–Kier alpha value is -2.00. The third-order valence-corrected chi connectivity index (χ3v) is 8.10. The lowest BCUT2D eigenvalue weighted by molar-refractivity contribution is -0.297. The van der Waals surface area contributed by atoms with Gasteiger partial charge in [0.2, 0.25) is 5.91 Å². The van der Waals surface area contributed by atoms with Crippen LogP contribution < -0.4 is 38.9 Å². The van der Waals surface area contributed by atoms with Crippen molar-refractivity contribution in [3.05, 3.63) is 11.8 Å². The minimum absolute atomic E-state index is 0.0521. The van der Waals surface area contributed by atoms with Crippen LogP contribution in [-0.4, -0.2) is 143 Å². The first kappa shape index (κ1) is 34.5. The Morgan fingerprint density at radius 3 is 2.38 bits per heavy atom. The van der Waals surface area contributed by atoms with Crippen LogP contribution in [0.1, 0.15) is 19.8 Å². The molecule has 2 amide bonds. The molecule has 2 fully saturated rings. The van der Waals surface area contributed by atoms with Crippen molar-refractivity contribution in [1.29, 1.82) is 0 Å². The van der Waals surface area contributed by atoms with Gasteiger partial charge in [-0.1, -0.05) is 0 Å². The van der Waals surface area contributed by atoms with Gasteiger partial charge in [0, 0.05) is 31.1 Å². The van der Waals surface area contributed by atoms with E-state index in [-0.39, 0.29) is 32.7 Å². The van der Waals surface area contributed by atoms with Gasteiger partial charge in [-0.15, -0.1) is 0 Å². The molecular weight excluding hydrogens is 558 g/mol. The number of likely N-dealkylation sites (N-methyl/N-ethyl adjacent to an activating group) is 1. The van der Waals surface area contributed by atoms with Crippen molar-refractivity contribution in [3.8, 4) is 0 Å². The normalized spacial score (nSPS) is 40.3. The van der Waals surface area contributed by atoms with Gasteiger partial charge in [0.05, 0.1) is 31.3 Å². The maximum absolute atomic E-state index is 12.6. The topological polar surface area (TPSA) is 303 Å². The highest BCUT2D eigenvalue weighted by atomic mass is 16.7. The number of aliphatic hydroxyl groups excluding tert-OH is 4. The van der Waals surface area contributed by atoms with E-state index < -0.39 is 90.4 Å². The zero-order valence-corrected chi connectivity index (χ0v) is 23.8. The Kier molecular flexibility index (Phi) is 12.0. The smallest absolute Gasteiger partial charge is 0.250 e. The Balaban J connectivity index is 1.83. The second kappa shape index (κ2) is 14.7. The lowest BCUT2D eigenvalue weighted by Gasteiger charge is -2.50. The first-order valence-corrected chi connectivity index (χ1v) is 14.0. The molecule has 242 valence electrons. The van der Waals surface area contributed by atoms with Crippen LogP contribution in [0.3, 0.4) is 0 Å². The van der Waals surface area contributed by atoms with Gasteiger partial charge in [-0.2, -0.15) is 0 Å². The van der Waals surface area contributed by atoms with Gasteiger partial charge in [-0.05, 0) is 32.9 Å². The van der Waals surface area contributed by atoms with Crippen molar-refractivity contribution in [1.82, 2.24) is 16.0 Å². The molecule has 0 bridgehead atoms. The number of aliphatic hydroxyl groups is 5. The van der Waals surface area contributed by atoms with Gasteiger partial charge in [0.15, 0.2) is 6.29 Å². The minimum Gasteiger partial charge on any atom is -0.491 e. The van der Waals surface area contributed by atoms with E-state index in [4.69, 9.17) is 37.1 Å². The first-order valence-electron chi connectivity index (χ1n) is 14.0. The highest BCUT2D eigenvalue weighted by molar-refractivity contribution is 5.81. The van der Waals surface area contributed by atoms with E-state index in [1.54, 1.807) is 13.1 Å². The maximum atomic E-state index is 12.6. The van der Waals surface area contributed by atoms with Gasteiger partial charge in [0.25, 0.3) is 5.91 Å². The largest absolute Gasteiger partial charge is 0.491 e. The second-order valence-electron chi connectivity index (χ2n) is 11.4. The van der Waals surface area contributed by atoms with Crippen LogP contribution in [0.5, 0.6) is 0 Å². The van der Waals surface area contributed by atoms with Crippen LogP contribution in [0, 0.1) is 5.92 Å². The summed E-state index contributed by atoms with van der Waals surface area (Å²) in [4.78, 5) is 24.5. The summed E-state index contributed by atoms with van der Waals surface area (Å²) in [6, 6.07) is -3.20. The fourth-order valence-electron chi connectivity index (χ4n) is 5.74. The van der Waals surface area contributed by atoms with E-state index >= 15 is 0 Å². The van der Waals surface area contributed by atoms with Crippen molar-refractivity contribution in [2.75, 3.05) is 33.3 Å². The van der Waals surface area contributed by atoms with Gasteiger partial charge in [-0.3, -0.25) is 9.59 Å². The summed E-state index contributed by atoms with van der Waals surface area (Å²) in [5.41, 5.74) is 22.2. The Labute approximate surface area is 243 Å². The third kappa shape index (κ3) is 7.74. The molecule has 17 heteroatoms. The Morgan fingerprint density at radius 2 is 1.76 bits per heavy atom. The molecule has 0 aromatic carbocycles. The van der Waals surface area contributed by atoms with Crippen molar-refractivity contribution in [3.63, 3.8) is 0 Å². The fraction of sp³-hybridized carbons (Fsp3) is 0.840. The lowest BCUT2D eigenvalue weighted by Crippen LogP contribution is -2.69. The highest BCUT2D eigenvalue weighted by Crippen LogP contribution is 2.36. The number of nitrogens with one attached hydrogen (secondary N) is 3. The van der Waals surface area contributed by atoms with E-state index in [1.165, 1.54) is 6.92 Å². The molecule has 2 aliphatic heterocycles. The van der Waals surface area contributed by atoms with Gasteiger partial charge < -0.3 is 78.6 Å². The summed E-state index contributed by atoms with van der Waals surface area (Å²) in [7, 11) is 1.55. The average Bonchev–Trinajstić information content (AvgIpc) is 2.95. The maximum Gasteiger partial charge on any atom is 0.250 e. The van der Waals surface area contributed by atoms with E-state index in [2.05, 4.69) is 16.0 Å². The zero-order valence-electron chi connectivity index (χ0n) is 23.8. The van der Waals surface area contributed by atoms with Crippen LogP contribution in [0.4, 0.5) is 0 Å². The molecule has 0 aromatic heterocycles. The van der Waals surface area contributed by atoms with Crippen LogP contribution >= 0.6 is 0 Å². The summed E-state index contributed by atoms with van der Waals surface area (Å²) in [6.07, 6.45) is -7.06. The Bertz CT molecular complexity index is 959. The summed E-state index contributed by atoms with van der Waals surface area (Å²) < 4.78 is 17.8. The first-order chi connectivity index (χ1) is 19.7. The molecule has 3 rings (SSSR count). The molecule has 2 heterocycles. The van der Waals surface area contributed by atoms with Gasteiger partial charge in [0.1, 0.15) is 41.9 Å². The van der Waals surface area contributed by atoms with Crippen LogP contribution in [0.15, 0.2) is 11.8 Å². The molecule has 2 unspecified atom stereocenters. The number of carbonyl (C=O) groups excluding carboxylic acids is 2. The molecule has 1 saturated carbocycles. The van der Waals surface area contributed by atoms with Crippen LogP contribution in [0.25, 0.3) is 0 Å². The molecule has 1 saturated heterocycles. The molecule has 17 nitrogen and oxygen atoms in total. The minimum atomic E-state index is -1.52. The molecule has 0 aromatic rings. The van der Waals surface area contributed by atoms with Gasteiger partial charge >= 0.3 is 0 Å².